The van der Waals surface area contributed by atoms with Crippen molar-refractivity contribution in [3.05, 3.63) is 60.2 Å². The van der Waals surface area contributed by atoms with Crippen LogP contribution in [0.3, 0.4) is 0 Å². The maximum absolute atomic E-state index is 12.0. The van der Waals surface area contributed by atoms with Gasteiger partial charge in [-0.05, 0) is 24.3 Å². The van der Waals surface area contributed by atoms with Crippen molar-refractivity contribution in [2.75, 3.05) is 13.2 Å². The fraction of sp³-hybridized carbons (Fsp3) is 0.278. The van der Waals surface area contributed by atoms with E-state index < -0.39 is 5.72 Å². The zero-order chi connectivity index (χ0) is 15.0. The van der Waals surface area contributed by atoms with Gasteiger partial charge in [0.05, 0.1) is 6.61 Å². The standard InChI is InChI=1S/C18H17NO3/c20-17-10-11-18(19(17)12-13-21-18)14-6-8-16(9-7-14)22-15-4-2-1-3-5-15/h1-9H,10-13H2. The number of ether oxygens (including phenoxy) is 2. The zero-order valence-electron chi connectivity index (χ0n) is 12.2. The largest absolute Gasteiger partial charge is 0.457 e. The van der Waals surface area contributed by atoms with Crippen LogP contribution in [-0.2, 0) is 15.3 Å². The predicted octanol–water partition coefficient (Wildman–Crippen LogP) is 3.28. The summed E-state index contributed by atoms with van der Waals surface area (Å²) in [6, 6.07) is 17.5. The van der Waals surface area contributed by atoms with Crippen LogP contribution in [0, 0.1) is 0 Å². The second kappa shape index (κ2) is 5.14. The Bertz CT molecular complexity index is 683. The molecule has 1 amide bonds. The van der Waals surface area contributed by atoms with Crippen LogP contribution in [-0.4, -0.2) is 24.0 Å². The van der Waals surface area contributed by atoms with Crippen LogP contribution < -0.4 is 4.74 Å². The molecule has 4 rings (SSSR count). The molecule has 2 heterocycles. The molecule has 0 bridgehead atoms. The lowest BCUT2D eigenvalue weighted by Crippen LogP contribution is -2.38. The Hall–Kier alpha value is -2.33. The molecule has 0 aliphatic carbocycles. The summed E-state index contributed by atoms with van der Waals surface area (Å²) in [7, 11) is 0. The number of para-hydroxylation sites is 1. The van der Waals surface area contributed by atoms with E-state index in [2.05, 4.69) is 0 Å². The highest BCUT2D eigenvalue weighted by Crippen LogP contribution is 2.44. The summed E-state index contributed by atoms with van der Waals surface area (Å²) >= 11 is 0. The van der Waals surface area contributed by atoms with Crippen molar-refractivity contribution in [2.24, 2.45) is 0 Å². The van der Waals surface area contributed by atoms with Gasteiger partial charge in [0.15, 0.2) is 5.72 Å². The van der Waals surface area contributed by atoms with Crippen LogP contribution >= 0.6 is 0 Å². The summed E-state index contributed by atoms with van der Waals surface area (Å²) in [6.45, 7) is 1.29. The second-order valence-electron chi connectivity index (χ2n) is 5.62. The Labute approximate surface area is 129 Å². The fourth-order valence-electron chi connectivity index (χ4n) is 3.30. The lowest BCUT2D eigenvalue weighted by atomic mass is 10.0. The van der Waals surface area contributed by atoms with Crippen LogP contribution in [0.5, 0.6) is 11.5 Å². The van der Waals surface area contributed by atoms with Gasteiger partial charge in [-0.25, -0.2) is 0 Å². The molecule has 0 spiro atoms. The molecule has 0 saturated carbocycles. The highest BCUT2D eigenvalue weighted by Gasteiger charge is 2.51. The van der Waals surface area contributed by atoms with Crippen molar-refractivity contribution in [1.82, 2.24) is 4.90 Å². The molecule has 4 heteroatoms. The minimum absolute atomic E-state index is 0.183. The number of carbonyl (C=O) groups is 1. The van der Waals surface area contributed by atoms with Gasteiger partial charge in [-0.15, -0.1) is 0 Å². The molecule has 0 N–H and O–H groups in total. The van der Waals surface area contributed by atoms with Gasteiger partial charge in [0.2, 0.25) is 5.91 Å². The highest BCUT2D eigenvalue weighted by atomic mass is 16.5. The molecule has 0 radical (unpaired) electrons. The molecule has 2 aliphatic heterocycles. The van der Waals surface area contributed by atoms with Gasteiger partial charge in [-0.3, -0.25) is 4.79 Å². The summed E-state index contributed by atoms with van der Waals surface area (Å²) in [5, 5.41) is 0. The smallest absolute Gasteiger partial charge is 0.225 e. The Morgan fingerprint density at radius 1 is 1.00 bits per heavy atom. The number of nitrogens with zero attached hydrogens (tertiary/aromatic N) is 1. The molecule has 22 heavy (non-hydrogen) atoms. The SMILES string of the molecule is O=C1CCC2(c3ccc(Oc4ccccc4)cc3)OCCN12. The van der Waals surface area contributed by atoms with Crippen LogP contribution in [0.2, 0.25) is 0 Å². The minimum atomic E-state index is -0.553. The van der Waals surface area contributed by atoms with Crippen LogP contribution in [0.4, 0.5) is 0 Å². The first-order valence-electron chi connectivity index (χ1n) is 7.56. The summed E-state index contributed by atoms with van der Waals surface area (Å²) in [6.07, 6.45) is 1.28. The van der Waals surface area contributed by atoms with Crippen molar-refractivity contribution in [3.63, 3.8) is 0 Å². The average molecular weight is 295 g/mol. The van der Waals surface area contributed by atoms with Gasteiger partial charge in [0.1, 0.15) is 11.5 Å². The maximum atomic E-state index is 12.0. The first kappa shape index (κ1) is 13.3. The third kappa shape index (κ3) is 2.07. The Morgan fingerprint density at radius 3 is 2.50 bits per heavy atom. The molecule has 1 atom stereocenters. The quantitative estimate of drug-likeness (QED) is 0.872. The number of hydrogen-bond donors (Lipinski definition) is 0. The van der Waals surface area contributed by atoms with Crippen molar-refractivity contribution in [1.29, 1.82) is 0 Å². The van der Waals surface area contributed by atoms with Crippen LogP contribution in [0.1, 0.15) is 18.4 Å². The van der Waals surface area contributed by atoms with Crippen molar-refractivity contribution in [3.8, 4) is 11.5 Å². The van der Waals surface area contributed by atoms with Gasteiger partial charge < -0.3 is 14.4 Å². The van der Waals surface area contributed by atoms with Crippen molar-refractivity contribution >= 4 is 5.91 Å². The number of hydrogen-bond acceptors (Lipinski definition) is 3. The summed E-state index contributed by atoms with van der Waals surface area (Å²) in [5.74, 6) is 1.77. The lowest BCUT2D eigenvalue weighted by Gasteiger charge is -2.31. The van der Waals surface area contributed by atoms with E-state index in [9.17, 15) is 4.79 Å². The van der Waals surface area contributed by atoms with Crippen molar-refractivity contribution < 1.29 is 14.3 Å². The van der Waals surface area contributed by atoms with E-state index in [1.807, 2.05) is 59.5 Å². The fourth-order valence-corrected chi connectivity index (χ4v) is 3.30. The normalized spacial score (nSPS) is 23.6. The second-order valence-corrected chi connectivity index (χ2v) is 5.62. The molecule has 0 aromatic heterocycles. The molecule has 2 aromatic rings. The third-order valence-corrected chi connectivity index (χ3v) is 4.35. The minimum Gasteiger partial charge on any atom is -0.457 e. The van der Waals surface area contributed by atoms with Gasteiger partial charge >= 0.3 is 0 Å². The Morgan fingerprint density at radius 2 is 1.73 bits per heavy atom. The number of fused-ring (bicyclic) bond motifs is 1. The zero-order valence-corrected chi connectivity index (χ0v) is 12.2. The average Bonchev–Trinajstić information content (AvgIpc) is 3.11. The summed E-state index contributed by atoms with van der Waals surface area (Å²) < 4.78 is 11.7. The van der Waals surface area contributed by atoms with E-state index in [0.29, 0.717) is 19.6 Å². The molecule has 2 aromatic carbocycles. The monoisotopic (exact) mass is 295 g/mol. The van der Waals surface area contributed by atoms with E-state index in [0.717, 1.165) is 23.5 Å². The Kier molecular flexibility index (Phi) is 3.12. The first-order valence-corrected chi connectivity index (χ1v) is 7.56. The molecule has 112 valence electrons. The predicted molar refractivity (Wildman–Crippen MR) is 81.5 cm³/mol. The third-order valence-electron chi connectivity index (χ3n) is 4.35. The summed E-state index contributed by atoms with van der Waals surface area (Å²) in [5.41, 5.74) is 0.471. The highest BCUT2D eigenvalue weighted by molar-refractivity contribution is 5.80. The number of rotatable bonds is 3. The van der Waals surface area contributed by atoms with Gasteiger partial charge in [0.25, 0.3) is 0 Å². The molecular weight excluding hydrogens is 278 g/mol. The number of amides is 1. The molecule has 2 aliphatic rings. The molecule has 2 saturated heterocycles. The van der Waals surface area contributed by atoms with E-state index >= 15 is 0 Å². The molecule has 4 nitrogen and oxygen atoms in total. The van der Waals surface area contributed by atoms with E-state index in [-0.39, 0.29) is 5.91 Å². The Balaban J connectivity index is 1.58. The van der Waals surface area contributed by atoms with Crippen LogP contribution in [0.15, 0.2) is 54.6 Å². The van der Waals surface area contributed by atoms with E-state index in [1.165, 1.54) is 0 Å². The number of carbonyl (C=O) groups excluding carboxylic acids is 1. The van der Waals surface area contributed by atoms with Gasteiger partial charge in [0, 0.05) is 24.9 Å². The first-order chi connectivity index (χ1) is 10.8. The molecular formula is C18H17NO3. The number of benzene rings is 2. The van der Waals surface area contributed by atoms with Crippen LogP contribution in [0.25, 0.3) is 0 Å². The molecule has 1 unspecified atom stereocenters. The van der Waals surface area contributed by atoms with E-state index in [1.54, 1.807) is 0 Å². The lowest BCUT2D eigenvalue weighted by molar-refractivity contribution is -0.137. The van der Waals surface area contributed by atoms with Crippen molar-refractivity contribution in [2.45, 2.75) is 18.6 Å². The maximum Gasteiger partial charge on any atom is 0.225 e. The van der Waals surface area contributed by atoms with Gasteiger partial charge in [-0.1, -0.05) is 30.3 Å². The van der Waals surface area contributed by atoms with Gasteiger partial charge in [-0.2, -0.15) is 0 Å². The molecule has 2 fully saturated rings. The topological polar surface area (TPSA) is 38.8 Å². The summed E-state index contributed by atoms with van der Waals surface area (Å²) in [4.78, 5) is 13.8. The van der Waals surface area contributed by atoms with E-state index in [4.69, 9.17) is 9.47 Å².